The number of carbonyl (C=O) groups excluding carboxylic acids is 3. The largest absolute Gasteiger partial charge is 0.490 e. The molecular formula is C19H19N3O7. The van der Waals surface area contributed by atoms with Crippen molar-refractivity contribution in [2.24, 2.45) is 0 Å². The highest BCUT2D eigenvalue weighted by Gasteiger charge is 2.28. The number of esters is 1. The second-order valence-electron chi connectivity index (χ2n) is 5.69. The van der Waals surface area contributed by atoms with E-state index in [1.54, 1.807) is 37.3 Å². The third kappa shape index (κ3) is 5.51. The van der Waals surface area contributed by atoms with Crippen molar-refractivity contribution < 1.29 is 28.8 Å². The Hall–Kier alpha value is -3.95. The molecule has 0 saturated heterocycles. The van der Waals surface area contributed by atoms with Gasteiger partial charge in [0.15, 0.2) is 5.75 Å². The van der Waals surface area contributed by atoms with Gasteiger partial charge >= 0.3 is 17.7 Å². The topological polar surface area (TPSA) is 137 Å². The Morgan fingerprint density at radius 1 is 1.14 bits per heavy atom. The lowest BCUT2D eigenvalue weighted by Crippen LogP contribution is -2.42. The van der Waals surface area contributed by atoms with E-state index < -0.39 is 34.6 Å². The first kappa shape index (κ1) is 21.4. The van der Waals surface area contributed by atoms with E-state index in [4.69, 9.17) is 9.47 Å². The van der Waals surface area contributed by atoms with Crippen LogP contribution in [0.15, 0.2) is 48.5 Å². The summed E-state index contributed by atoms with van der Waals surface area (Å²) in [5.74, 6) is -1.87. The number of ether oxygens (including phenoxy) is 2. The number of hydrogen-bond acceptors (Lipinski definition) is 7. The maximum absolute atomic E-state index is 12.6. The Morgan fingerprint density at radius 2 is 1.83 bits per heavy atom. The Bertz CT molecular complexity index is 915. The first-order chi connectivity index (χ1) is 13.9. The highest BCUT2D eigenvalue weighted by atomic mass is 16.6. The molecule has 0 radical (unpaired) electrons. The molecular weight excluding hydrogens is 382 g/mol. The average molecular weight is 401 g/mol. The molecule has 29 heavy (non-hydrogen) atoms. The van der Waals surface area contributed by atoms with Gasteiger partial charge in [-0.1, -0.05) is 30.3 Å². The monoisotopic (exact) mass is 401 g/mol. The molecule has 2 aromatic carbocycles. The number of rotatable bonds is 7. The molecule has 0 spiro atoms. The summed E-state index contributed by atoms with van der Waals surface area (Å²) in [6, 6.07) is 10.8. The Labute approximate surface area is 166 Å². The standard InChI is InChI=1S/C19H19N3O7/c1-3-20-19(25)21-17(23)16(12-7-5-4-6-8-12)29-18(24)13-9-10-15(28-2)14(11-13)22(26)27/h4-11,16H,3H2,1-2H3,(H2,20,21,23,25)/t16-/m1/s1. The van der Waals surface area contributed by atoms with Crippen molar-refractivity contribution in [1.82, 2.24) is 10.6 Å². The molecule has 0 aliphatic heterocycles. The van der Waals surface area contributed by atoms with E-state index >= 15 is 0 Å². The number of nitro benzene ring substituents is 1. The number of imide groups is 1. The summed E-state index contributed by atoms with van der Waals surface area (Å²) < 4.78 is 10.2. The molecule has 152 valence electrons. The van der Waals surface area contributed by atoms with Crippen LogP contribution in [-0.2, 0) is 9.53 Å². The minimum atomic E-state index is -1.44. The van der Waals surface area contributed by atoms with Gasteiger partial charge in [0, 0.05) is 18.2 Å². The van der Waals surface area contributed by atoms with Crippen LogP contribution in [0.5, 0.6) is 5.75 Å². The number of nitrogens with zero attached hydrogens (tertiary/aromatic N) is 1. The third-order valence-electron chi connectivity index (χ3n) is 3.75. The van der Waals surface area contributed by atoms with Crippen molar-refractivity contribution >= 4 is 23.6 Å². The molecule has 0 aliphatic rings. The molecule has 0 fully saturated rings. The summed E-state index contributed by atoms with van der Waals surface area (Å²) in [5, 5.41) is 15.6. The molecule has 0 bridgehead atoms. The lowest BCUT2D eigenvalue weighted by molar-refractivity contribution is -0.385. The van der Waals surface area contributed by atoms with Crippen LogP contribution < -0.4 is 15.4 Å². The molecule has 2 rings (SSSR count). The van der Waals surface area contributed by atoms with Crippen LogP contribution in [0.1, 0.15) is 28.9 Å². The highest BCUT2D eigenvalue weighted by Crippen LogP contribution is 2.28. The number of urea groups is 1. The first-order valence-corrected chi connectivity index (χ1v) is 8.54. The normalized spacial score (nSPS) is 11.1. The van der Waals surface area contributed by atoms with Crippen LogP contribution in [0.3, 0.4) is 0 Å². The summed E-state index contributed by atoms with van der Waals surface area (Å²) in [6.45, 7) is 1.97. The number of benzene rings is 2. The zero-order valence-electron chi connectivity index (χ0n) is 15.7. The van der Waals surface area contributed by atoms with Gasteiger partial charge in [-0.25, -0.2) is 9.59 Å². The van der Waals surface area contributed by atoms with E-state index in [0.717, 1.165) is 6.07 Å². The van der Waals surface area contributed by atoms with Crippen LogP contribution in [0.25, 0.3) is 0 Å². The number of carbonyl (C=O) groups is 3. The van der Waals surface area contributed by atoms with Crippen molar-refractivity contribution in [1.29, 1.82) is 0 Å². The van der Waals surface area contributed by atoms with E-state index in [-0.39, 0.29) is 11.3 Å². The average Bonchev–Trinajstić information content (AvgIpc) is 2.71. The van der Waals surface area contributed by atoms with Gasteiger partial charge in [-0.3, -0.25) is 20.2 Å². The summed E-state index contributed by atoms with van der Waals surface area (Å²) in [6.07, 6.45) is -1.44. The molecule has 2 N–H and O–H groups in total. The van der Waals surface area contributed by atoms with Crippen LogP contribution in [0, 0.1) is 10.1 Å². The summed E-state index contributed by atoms with van der Waals surface area (Å²) in [7, 11) is 1.26. The van der Waals surface area contributed by atoms with Gasteiger partial charge in [-0.2, -0.15) is 0 Å². The molecule has 0 unspecified atom stereocenters. The molecule has 2 aromatic rings. The molecule has 10 heteroatoms. The van der Waals surface area contributed by atoms with Crippen LogP contribution in [0.2, 0.25) is 0 Å². The molecule has 0 saturated carbocycles. The van der Waals surface area contributed by atoms with Gasteiger partial charge in [-0.05, 0) is 19.1 Å². The Kier molecular flexibility index (Phi) is 7.24. The second-order valence-corrected chi connectivity index (χ2v) is 5.69. The maximum Gasteiger partial charge on any atom is 0.339 e. The predicted octanol–water partition coefficient (Wildman–Crippen LogP) is 2.35. The van der Waals surface area contributed by atoms with E-state index in [2.05, 4.69) is 10.6 Å². The van der Waals surface area contributed by atoms with Crippen LogP contribution in [0.4, 0.5) is 10.5 Å². The zero-order chi connectivity index (χ0) is 21.4. The fourth-order valence-electron chi connectivity index (χ4n) is 2.42. The minimum absolute atomic E-state index is 0.0276. The van der Waals surface area contributed by atoms with E-state index in [1.807, 2.05) is 0 Å². The minimum Gasteiger partial charge on any atom is -0.490 e. The van der Waals surface area contributed by atoms with Crippen LogP contribution in [-0.4, -0.2) is 36.5 Å². The Balaban J connectivity index is 2.30. The van der Waals surface area contributed by atoms with Gasteiger partial charge in [0.25, 0.3) is 5.91 Å². The van der Waals surface area contributed by atoms with Crippen molar-refractivity contribution in [3.05, 3.63) is 69.8 Å². The number of hydrogen-bond donors (Lipinski definition) is 2. The fraction of sp³-hybridized carbons (Fsp3) is 0.211. The molecule has 1 atom stereocenters. The summed E-state index contributed by atoms with van der Waals surface area (Å²) >= 11 is 0. The quantitative estimate of drug-likeness (QED) is 0.413. The molecule has 10 nitrogen and oxygen atoms in total. The van der Waals surface area contributed by atoms with E-state index in [9.17, 15) is 24.5 Å². The Morgan fingerprint density at radius 3 is 2.41 bits per heavy atom. The number of nitrogens with one attached hydrogen (secondary N) is 2. The maximum atomic E-state index is 12.6. The van der Waals surface area contributed by atoms with Crippen molar-refractivity contribution in [2.75, 3.05) is 13.7 Å². The van der Waals surface area contributed by atoms with Crippen molar-refractivity contribution in [2.45, 2.75) is 13.0 Å². The van der Waals surface area contributed by atoms with Gasteiger partial charge in [0.2, 0.25) is 6.10 Å². The van der Waals surface area contributed by atoms with E-state index in [1.165, 1.54) is 19.2 Å². The molecule has 0 heterocycles. The van der Waals surface area contributed by atoms with Gasteiger partial charge in [0.05, 0.1) is 17.6 Å². The van der Waals surface area contributed by atoms with Crippen LogP contribution >= 0.6 is 0 Å². The summed E-state index contributed by atoms with van der Waals surface area (Å²) in [4.78, 5) is 47.2. The second kappa shape index (κ2) is 9.83. The smallest absolute Gasteiger partial charge is 0.339 e. The predicted molar refractivity (Wildman–Crippen MR) is 101 cm³/mol. The summed E-state index contributed by atoms with van der Waals surface area (Å²) in [5.41, 5.74) is -0.250. The molecule has 0 aliphatic carbocycles. The van der Waals surface area contributed by atoms with Crippen molar-refractivity contribution in [3.63, 3.8) is 0 Å². The number of methoxy groups -OCH3 is 1. The van der Waals surface area contributed by atoms with Crippen molar-refractivity contribution in [3.8, 4) is 5.75 Å². The first-order valence-electron chi connectivity index (χ1n) is 8.54. The van der Waals surface area contributed by atoms with Gasteiger partial charge < -0.3 is 14.8 Å². The van der Waals surface area contributed by atoms with E-state index in [0.29, 0.717) is 12.1 Å². The number of amides is 3. The third-order valence-corrected chi connectivity index (χ3v) is 3.75. The zero-order valence-corrected chi connectivity index (χ0v) is 15.7. The number of nitro groups is 1. The van der Waals surface area contributed by atoms with Gasteiger partial charge in [0.1, 0.15) is 0 Å². The SMILES string of the molecule is CCNC(=O)NC(=O)[C@H](OC(=O)c1ccc(OC)c([N+](=O)[O-])c1)c1ccccc1. The molecule has 0 aromatic heterocycles. The fourth-order valence-corrected chi connectivity index (χ4v) is 2.42. The highest BCUT2D eigenvalue weighted by molar-refractivity contribution is 5.99. The molecule has 3 amide bonds. The van der Waals surface area contributed by atoms with Gasteiger partial charge in [-0.15, -0.1) is 0 Å². The lowest BCUT2D eigenvalue weighted by atomic mass is 10.1. The lowest BCUT2D eigenvalue weighted by Gasteiger charge is -2.18.